The van der Waals surface area contributed by atoms with Gasteiger partial charge in [0.1, 0.15) is 0 Å². The van der Waals surface area contributed by atoms with E-state index in [1.54, 1.807) is 0 Å². The Balaban J connectivity index is 2.18. The maximum atomic E-state index is 5.99. The molecule has 1 aromatic carbocycles. The van der Waals surface area contributed by atoms with E-state index < -0.39 is 0 Å². The fourth-order valence-electron chi connectivity index (χ4n) is 2.44. The second kappa shape index (κ2) is 4.74. The van der Waals surface area contributed by atoms with Crippen LogP contribution in [0.5, 0.6) is 0 Å². The van der Waals surface area contributed by atoms with Gasteiger partial charge < -0.3 is 10.5 Å². The molecule has 0 spiro atoms. The van der Waals surface area contributed by atoms with E-state index in [9.17, 15) is 0 Å². The topological polar surface area (TPSA) is 35.2 Å². The van der Waals surface area contributed by atoms with Gasteiger partial charge in [-0.25, -0.2) is 0 Å². The summed E-state index contributed by atoms with van der Waals surface area (Å²) >= 11 is 5.99. The zero-order valence-corrected chi connectivity index (χ0v) is 10.3. The van der Waals surface area contributed by atoms with E-state index in [2.05, 4.69) is 13.0 Å². The Kier molecular flexibility index (Phi) is 3.53. The first kappa shape index (κ1) is 11.9. The Labute approximate surface area is 102 Å². The van der Waals surface area contributed by atoms with Gasteiger partial charge >= 0.3 is 0 Å². The van der Waals surface area contributed by atoms with Crippen LogP contribution >= 0.6 is 11.6 Å². The molecule has 0 saturated carbocycles. The molecule has 1 aliphatic rings. The van der Waals surface area contributed by atoms with E-state index in [1.807, 2.05) is 18.2 Å². The molecule has 2 unspecified atom stereocenters. The lowest BCUT2D eigenvalue weighted by molar-refractivity contribution is 0.0673. The molecule has 88 valence electrons. The molecular weight excluding hydrogens is 222 g/mol. The molecule has 1 saturated heterocycles. The van der Waals surface area contributed by atoms with E-state index in [0.29, 0.717) is 6.54 Å². The summed E-state index contributed by atoms with van der Waals surface area (Å²) < 4.78 is 5.65. The highest BCUT2D eigenvalue weighted by Crippen LogP contribution is 2.37. The molecule has 0 aromatic heterocycles. The monoisotopic (exact) mass is 239 g/mol. The largest absolute Gasteiger partial charge is 0.378 e. The zero-order valence-electron chi connectivity index (χ0n) is 9.58. The highest BCUT2D eigenvalue weighted by molar-refractivity contribution is 6.30. The lowest BCUT2D eigenvalue weighted by Crippen LogP contribution is -2.38. The summed E-state index contributed by atoms with van der Waals surface area (Å²) in [5.74, 6) is 0. The van der Waals surface area contributed by atoms with Gasteiger partial charge in [0.15, 0.2) is 0 Å². The molecule has 16 heavy (non-hydrogen) atoms. The SMILES string of the molecule is CC1OCCC1(CN)Cc1cccc(Cl)c1. The average molecular weight is 240 g/mol. The predicted octanol–water partition coefficient (Wildman–Crippen LogP) is 2.64. The van der Waals surface area contributed by atoms with Gasteiger partial charge in [-0.3, -0.25) is 0 Å². The van der Waals surface area contributed by atoms with Crippen LogP contribution in [0.4, 0.5) is 0 Å². The van der Waals surface area contributed by atoms with Crippen LogP contribution in [0, 0.1) is 5.41 Å². The van der Waals surface area contributed by atoms with E-state index >= 15 is 0 Å². The van der Waals surface area contributed by atoms with Crippen LogP contribution in [0.1, 0.15) is 18.9 Å². The van der Waals surface area contributed by atoms with E-state index in [1.165, 1.54) is 5.56 Å². The Bertz CT molecular complexity index is 369. The highest BCUT2D eigenvalue weighted by Gasteiger charge is 2.40. The summed E-state index contributed by atoms with van der Waals surface area (Å²) in [4.78, 5) is 0. The van der Waals surface area contributed by atoms with Gasteiger partial charge in [0.05, 0.1) is 6.10 Å². The van der Waals surface area contributed by atoms with Crippen molar-refractivity contribution in [1.29, 1.82) is 0 Å². The van der Waals surface area contributed by atoms with Gasteiger partial charge in [0.25, 0.3) is 0 Å². The van der Waals surface area contributed by atoms with Crippen molar-refractivity contribution in [3.05, 3.63) is 34.9 Å². The second-order valence-corrected chi connectivity index (χ2v) is 5.07. The van der Waals surface area contributed by atoms with Gasteiger partial charge in [-0.2, -0.15) is 0 Å². The smallest absolute Gasteiger partial charge is 0.0619 e. The quantitative estimate of drug-likeness (QED) is 0.880. The molecule has 1 fully saturated rings. The average Bonchev–Trinajstić information content (AvgIpc) is 2.61. The Morgan fingerprint density at radius 1 is 1.56 bits per heavy atom. The maximum absolute atomic E-state index is 5.99. The first-order chi connectivity index (χ1) is 7.66. The van der Waals surface area contributed by atoms with Gasteiger partial charge in [0, 0.05) is 23.6 Å². The third kappa shape index (κ3) is 2.24. The molecular formula is C13H18ClNO. The van der Waals surface area contributed by atoms with Crippen molar-refractivity contribution in [3.8, 4) is 0 Å². The van der Waals surface area contributed by atoms with Gasteiger partial charge in [-0.1, -0.05) is 23.7 Å². The predicted molar refractivity (Wildman–Crippen MR) is 66.7 cm³/mol. The lowest BCUT2D eigenvalue weighted by Gasteiger charge is -2.30. The van der Waals surface area contributed by atoms with Crippen molar-refractivity contribution in [2.75, 3.05) is 13.2 Å². The van der Waals surface area contributed by atoms with Crippen LogP contribution in [-0.2, 0) is 11.2 Å². The minimum atomic E-state index is 0.0880. The van der Waals surface area contributed by atoms with Crippen molar-refractivity contribution in [2.45, 2.75) is 25.9 Å². The van der Waals surface area contributed by atoms with Crippen LogP contribution in [-0.4, -0.2) is 19.3 Å². The number of rotatable bonds is 3. The minimum absolute atomic E-state index is 0.0880. The van der Waals surface area contributed by atoms with Crippen LogP contribution in [0.3, 0.4) is 0 Å². The molecule has 1 aliphatic heterocycles. The normalized spacial score (nSPS) is 29.6. The Morgan fingerprint density at radius 2 is 2.38 bits per heavy atom. The van der Waals surface area contributed by atoms with Crippen LogP contribution in [0.15, 0.2) is 24.3 Å². The molecule has 0 amide bonds. The van der Waals surface area contributed by atoms with Crippen molar-refractivity contribution in [1.82, 2.24) is 0 Å². The second-order valence-electron chi connectivity index (χ2n) is 4.64. The molecule has 2 N–H and O–H groups in total. The van der Waals surface area contributed by atoms with Gasteiger partial charge in [0.2, 0.25) is 0 Å². The number of hydrogen-bond acceptors (Lipinski definition) is 2. The number of ether oxygens (including phenoxy) is 1. The minimum Gasteiger partial charge on any atom is -0.378 e. The fourth-order valence-corrected chi connectivity index (χ4v) is 2.66. The molecule has 2 nitrogen and oxygen atoms in total. The number of benzene rings is 1. The van der Waals surface area contributed by atoms with Crippen LogP contribution in [0.2, 0.25) is 5.02 Å². The van der Waals surface area contributed by atoms with Gasteiger partial charge in [-0.15, -0.1) is 0 Å². The standard InChI is InChI=1S/C13H18ClNO/c1-10-13(9-15,5-6-16-10)8-11-3-2-4-12(14)7-11/h2-4,7,10H,5-6,8-9,15H2,1H3. The summed E-state index contributed by atoms with van der Waals surface area (Å²) in [6, 6.07) is 8.01. The van der Waals surface area contributed by atoms with E-state index in [-0.39, 0.29) is 11.5 Å². The maximum Gasteiger partial charge on any atom is 0.0619 e. The lowest BCUT2D eigenvalue weighted by atomic mass is 9.76. The van der Waals surface area contributed by atoms with Crippen molar-refractivity contribution >= 4 is 11.6 Å². The molecule has 3 heteroatoms. The molecule has 0 bridgehead atoms. The van der Waals surface area contributed by atoms with Crippen molar-refractivity contribution in [3.63, 3.8) is 0 Å². The Hall–Kier alpha value is -0.570. The van der Waals surface area contributed by atoms with Crippen LogP contribution in [0.25, 0.3) is 0 Å². The van der Waals surface area contributed by atoms with Gasteiger partial charge in [-0.05, 0) is 37.5 Å². The van der Waals surface area contributed by atoms with E-state index in [0.717, 1.165) is 24.5 Å². The summed E-state index contributed by atoms with van der Waals surface area (Å²) in [6.45, 7) is 3.60. The van der Waals surface area contributed by atoms with Crippen LogP contribution < -0.4 is 5.73 Å². The summed E-state index contributed by atoms with van der Waals surface area (Å²) in [5.41, 5.74) is 7.27. The molecule has 1 heterocycles. The summed E-state index contributed by atoms with van der Waals surface area (Å²) in [7, 11) is 0. The third-order valence-corrected chi connectivity index (χ3v) is 3.92. The number of halogens is 1. The molecule has 0 aliphatic carbocycles. The van der Waals surface area contributed by atoms with Crippen molar-refractivity contribution < 1.29 is 4.74 Å². The summed E-state index contributed by atoms with van der Waals surface area (Å²) in [5, 5.41) is 0.788. The third-order valence-electron chi connectivity index (χ3n) is 3.68. The molecule has 2 rings (SSSR count). The highest BCUT2D eigenvalue weighted by atomic mass is 35.5. The fraction of sp³-hybridized carbons (Fsp3) is 0.538. The number of hydrogen-bond donors (Lipinski definition) is 1. The number of nitrogens with two attached hydrogens (primary N) is 1. The summed E-state index contributed by atoms with van der Waals surface area (Å²) in [6.07, 6.45) is 2.22. The molecule has 1 aromatic rings. The van der Waals surface area contributed by atoms with Crippen molar-refractivity contribution in [2.24, 2.45) is 11.1 Å². The van der Waals surface area contributed by atoms with E-state index in [4.69, 9.17) is 22.1 Å². The molecule has 2 atom stereocenters. The first-order valence-corrected chi connectivity index (χ1v) is 6.10. The first-order valence-electron chi connectivity index (χ1n) is 5.72. The zero-order chi connectivity index (χ0) is 11.6. The Morgan fingerprint density at radius 3 is 2.94 bits per heavy atom. The molecule has 0 radical (unpaired) electrons.